The molecule has 126 valence electrons. The smallest absolute Gasteiger partial charge is 0.330 e. The van der Waals surface area contributed by atoms with E-state index in [2.05, 4.69) is 0 Å². The van der Waals surface area contributed by atoms with Crippen LogP contribution in [0, 0.1) is 12.8 Å². The van der Waals surface area contributed by atoms with Crippen LogP contribution < -0.4 is 0 Å². The number of nitrogens with zero attached hydrogens (tertiary/aromatic N) is 1. The molecule has 6 nitrogen and oxygen atoms in total. The summed E-state index contributed by atoms with van der Waals surface area (Å²) in [5.41, 5.74) is 0.907. The molecule has 2 rings (SSSR count). The van der Waals surface area contributed by atoms with Crippen LogP contribution in [0.25, 0.3) is 0 Å². The number of hydrogen-bond acceptors (Lipinski definition) is 5. The summed E-state index contributed by atoms with van der Waals surface area (Å²) in [5.74, 6) is -1.59. The second-order valence-corrected chi connectivity index (χ2v) is 7.39. The predicted molar refractivity (Wildman–Crippen MR) is 84.0 cm³/mol. The Bertz CT molecular complexity index is 696. The minimum absolute atomic E-state index is 0.00232. The minimum Gasteiger partial charge on any atom is -0.464 e. The van der Waals surface area contributed by atoms with Crippen molar-refractivity contribution >= 4 is 21.9 Å². The third-order valence-electron chi connectivity index (χ3n) is 4.01. The molecule has 1 unspecified atom stereocenters. The molecule has 1 saturated heterocycles. The lowest BCUT2D eigenvalue weighted by Crippen LogP contribution is -2.45. The largest absolute Gasteiger partial charge is 0.464 e. The van der Waals surface area contributed by atoms with Gasteiger partial charge in [-0.2, -0.15) is 0 Å². The Labute approximate surface area is 136 Å². The molecule has 1 aliphatic rings. The summed E-state index contributed by atoms with van der Waals surface area (Å²) in [5, 5.41) is 0. The number of amides is 1. The first-order chi connectivity index (χ1) is 10.8. The lowest BCUT2D eigenvalue weighted by molar-refractivity contribution is -0.149. The summed E-state index contributed by atoms with van der Waals surface area (Å²) >= 11 is 0. The topological polar surface area (TPSA) is 80.8 Å². The van der Waals surface area contributed by atoms with E-state index in [1.807, 2.05) is 13.8 Å². The maximum absolute atomic E-state index is 12.8. The van der Waals surface area contributed by atoms with Gasteiger partial charge in [-0.3, -0.25) is 4.79 Å². The number of benzene rings is 1. The second-order valence-electron chi connectivity index (χ2n) is 5.58. The van der Waals surface area contributed by atoms with Gasteiger partial charge in [-0.1, -0.05) is 31.0 Å². The summed E-state index contributed by atoms with van der Waals surface area (Å²) < 4.78 is 31.4. The monoisotopic (exact) mass is 339 g/mol. The highest BCUT2D eigenvalue weighted by Gasteiger charge is 2.50. The van der Waals surface area contributed by atoms with Gasteiger partial charge in [0.1, 0.15) is 6.04 Å². The van der Waals surface area contributed by atoms with E-state index in [0.717, 1.165) is 5.56 Å². The summed E-state index contributed by atoms with van der Waals surface area (Å²) in [4.78, 5) is 24.5. The molecule has 2 atom stereocenters. The van der Waals surface area contributed by atoms with Crippen LogP contribution in [0.5, 0.6) is 0 Å². The fraction of sp³-hybridized carbons (Fsp3) is 0.500. The molecule has 0 bridgehead atoms. The van der Waals surface area contributed by atoms with Gasteiger partial charge in [0, 0.05) is 6.42 Å². The molecule has 1 amide bonds. The quantitative estimate of drug-likeness (QED) is 0.765. The van der Waals surface area contributed by atoms with Crippen molar-refractivity contribution in [3.05, 3.63) is 29.8 Å². The Morgan fingerprint density at radius 3 is 2.39 bits per heavy atom. The lowest BCUT2D eigenvalue weighted by atomic mass is 9.98. The summed E-state index contributed by atoms with van der Waals surface area (Å²) in [7, 11) is -4.08. The van der Waals surface area contributed by atoms with Crippen molar-refractivity contribution in [2.24, 2.45) is 5.92 Å². The van der Waals surface area contributed by atoms with Crippen molar-refractivity contribution in [3.8, 4) is 0 Å². The molecule has 1 aromatic rings. The molecular weight excluding hydrogens is 318 g/mol. The molecule has 0 N–H and O–H groups in total. The van der Waals surface area contributed by atoms with Crippen molar-refractivity contribution in [2.75, 3.05) is 6.61 Å². The van der Waals surface area contributed by atoms with Gasteiger partial charge in [-0.25, -0.2) is 17.5 Å². The molecule has 0 radical (unpaired) electrons. The van der Waals surface area contributed by atoms with Gasteiger partial charge in [0.25, 0.3) is 10.0 Å². The maximum Gasteiger partial charge on any atom is 0.330 e. The van der Waals surface area contributed by atoms with Gasteiger partial charge >= 0.3 is 5.97 Å². The van der Waals surface area contributed by atoms with E-state index in [4.69, 9.17) is 4.74 Å². The zero-order valence-corrected chi connectivity index (χ0v) is 14.3. The molecule has 0 aromatic heterocycles. The number of sulfonamides is 1. The highest BCUT2D eigenvalue weighted by Crippen LogP contribution is 2.34. The molecule has 7 heteroatoms. The van der Waals surface area contributed by atoms with E-state index in [0.29, 0.717) is 10.7 Å². The number of esters is 1. The van der Waals surface area contributed by atoms with E-state index in [-0.39, 0.29) is 23.8 Å². The van der Waals surface area contributed by atoms with Gasteiger partial charge in [0.05, 0.1) is 11.5 Å². The zero-order chi connectivity index (χ0) is 17.2. The number of carbonyl (C=O) groups is 2. The van der Waals surface area contributed by atoms with Gasteiger partial charge in [0.2, 0.25) is 5.91 Å². The number of ether oxygens (including phenoxy) is 1. The molecule has 1 aromatic carbocycles. The summed E-state index contributed by atoms with van der Waals surface area (Å²) in [6.45, 7) is 5.45. The van der Waals surface area contributed by atoms with Gasteiger partial charge in [-0.15, -0.1) is 0 Å². The van der Waals surface area contributed by atoms with Gasteiger partial charge in [0.15, 0.2) is 0 Å². The average molecular weight is 339 g/mol. The van der Waals surface area contributed by atoms with Crippen molar-refractivity contribution in [2.45, 2.75) is 44.6 Å². The molecule has 0 spiro atoms. The maximum atomic E-state index is 12.8. The summed E-state index contributed by atoms with van der Waals surface area (Å²) in [6, 6.07) is 5.12. The summed E-state index contributed by atoms with van der Waals surface area (Å²) in [6.07, 6.45) is 0.556. The van der Waals surface area contributed by atoms with Crippen LogP contribution in [0.1, 0.15) is 32.3 Å². The van der Waals surface area contributed by atoms with Crippen molar-refractivity contribution < 1.29 is 22.7 Å². The number of aryl methyl sites for hydroxylation is 1. The predicted octanol–water partition coefficient (Wildman–Crippen LogP) is 1.87. The van der Waals surface area contributed by atoms with Crippen LogP contribution in [-0.2, 0) is 24.3 Å². The Morgan fingerprint density at radius 1 is 1.26 bits per heavy atom. The van der Waals surface area contributed by atoms with E-state index in [1.165, 1.54) is 12.1 Å². The number of hydrogen-bond donors (Lipinski definition) is 0. The van der Waals surface area contributed by atoms with Crippen LogP contribution in [0.15, 0.2) is 29.2 Å². The molecule has 1 fully saturated rings. The van der Waals surface area contributed by atoms with Gasteiger partial charge in [-0.05, 0) is 31.9 Å². The molecular formula is C16H21NO5S. The van der Waals surface area contributed by atoms with E-state index >= 15 is 0 Å². The van der Waals surface area contributed by atoms with Crippen LogP contribution in [0.3, 0.4) is 0 Å². The van der Waals surface area contributed by atoms with Crippen LogP contribution in [-0.4, -0.2) is 37.2 Å². The van der Waals surface area contributed by atoms with Crippen molar-refractivity contribution in [3.63, 3.8) is 0 Å². The minimum atomic E-state index is -4.08. The highest BCUT2D eigenvalue weighted by atomic mass is 32.2. The number of rotatable bonds is 5. The first-order valence-electron chi connectivity index (χ1n) is 7.63. The Balaban J connectivity index is 2.46. The van der Waals surface area contributed by atoms with Crippen molar-refractivity contribution in [1.29, 1.82) is 0 Å². The van der Waals surface area contributed by atoms with E-state index < -0.39 is 27.9 Å². The Kier molecular flexibility index (Phi) is 5.09. The molecule has 1 aliphatic heterocycles. The Morgan fingerprint density at radius 2 is 1.87 bits per heavy atom. The van der Waals surface area contributed by atoms with E-state index in [1.54, 1.807) is 19.1 Å². The molecule has 1 heterocycles. The first-order valence-corrected chi connectivity index (χ1v) is 9.07. The third kappa shape index (κ3) is 3.24. The average Bonchev–Trinajstić information content (AvgIpc) is 2.85. The molecule has 0 saturated carbocycles. The van der Waals surface area contributed by atoms with Crippen LogP contribution in [0.4, 0.5) is 0 Å². The van der Waals surface area contributed by atoms with Crippen LogP contribution in [0.2, 0.25) is 0 Å². The standard InChI is InChI=1S/C16H21NO5S/c1-4-12-10-14(18)17(15(12)16(19)22-5-2)23(20,21)13-8-6-11(3)7-9-13/h6-9,12,15H,4-5,10H2,1-3H3/t12?,15-/m0/s1. The first kappa shape index (κ1) is 17.5. The van der Waals surface area contributed by atoms with E-state index in [9.17, 15) is 18.0 Å². The fourth-order valence-corrected chi connectivity index (χ4v) is 4.37. The normalized spacial score (nSPS) is 21.5. The molecule has 23 heavy (non-hydrogen) atoms. The van der Waals surface area contributed by atoms with Crippen LogP contribution >= 0.6 is 0 Å². The zero-order valence-electron chi connectivity index (χ0n) is 13.5. The fourth-order valence-electron chi connectivity index (χ4n) is 2.76. The SMILES string of the molecule is CCOC(=O)[C@@H]1C(CC)CC(=O)N1S(=O)(=O)c1ccc(C)cc1. The highest BCUT2D eigenvalue weighted by molar-refractivity contribution is 7.89. The third-order valence-corrected chi connectivity index (χ3v) is 5.83. The molecule has 0 aliphatic carbocycles. The van der Waals surface area contributed by atoms with Gasteiger partial charge < -0.3 is 4.74 Å². The number of carbonyl (C=O) groups excluding carboxylic acids is 2. The lowest BCUT2D eigenvalue weighted by Gasteiger charge is -2.25. The Hall–Kier alpha value is -1.89. The van der Waals surface area contributed by atoms with Crippen molar-refractivity contribution in [1.82, 2.24) is 4.31 Å². The second kappa shape index (κ2) is 6.70.